The average Bonchev–Trinajstić information content (AvgIpc) is 2.89. The third-order valence-corrected chi connectivity index (χ3v) is 4.85. The first-order chi connectivity index (χ1) is 10.6. The second-order valence-corrected chi connectivity index (χ2v) is 6.48. The summed E-state index contributed by atoms with van der Waals surface area (Å²) < 4.78 is 0. The monoisotopic (exact) mass is 305 g/mol. The van der Waals surface area contributed by atoms with Crippen LogP contribution in [0, 0.1) is 11.8 Å². The molecule has 6 heteroatoms. The summed E-state index contributed by atoms with van der Waals surface area (Å²) in [7, 11) is 0. The maximum atomic E-state index is 12.6. The van der Waals surface area contributed by atoms with Gasteiger partial charge in [-0.3, -0.25) is 14.8 Å². The number of hydrogen-bond donors (Lipinski definition) is 2. The number of aromatic nitrogens is 2. The fourth-order valence-corrected chi connectivity index (χ4v) is 3.52. The van der Waals surface area contributed by atoms with E-state index in [-0.39, 0.29) is 23.8 Å². The number of aliphatic hydroxyl groups excluding tert-OH is 2. The molecule has 1 saturated heterocycles. The van der Waals surface area contributed by atoms with Gasteiger partial charge >= 0.3 is 0 Å². The number of nitrogens with zero attached hydrogens (tertiary/aromatic N) is 3. The predicted molar refractivity (Wildman–Crippen MR) is 79.8 cm³/mol. The molecule has 2 heterocycles. The van der Waals surface area contributed by atoms with Crippen molar-refractivity contribution in [1.82, 2.24) is 14.9 Å². The molecule has 0 spiro atoms. The highest BCUT2D eigenvalue weighted by Crippen LogP contribution is 2.29. The van der Waals surface area contributed by atoms with Crippen LogP contribution in [0.15, 0.2) is 18.6 Å². The molecule has 22 heavy (non-hydrogen) atoms. The van der Waals surface area contributed by atoms with Gasteiger partial charge in [0, 0.05) is 43.5 Å². The Morgan fingerprint density at radius 3 is 2.64 bits per heavy atom. The summed E-state index contributed by atoms with van der Waals surface area (Å²) in [5.74, 6) is 0.160. The highest BCUT2D eigenvalue weighted by molar-refractivity contribution is 5.79. The van der Waals surface area contributed by atoms with Crippen molar-refractivity contribution < 1.29 is 15.0 Å². The normalized spacial score (nSPS) is 32.2. The van der Waals surface area contributed by atoms with Gasteiger partial charge in [0.1, 0.15) is 0 Å². The standard InChI is InChI=1S/C16H23N3O3/c20-14-3-1-11(2-4-14)16(22)19-9-12(15(21)10-19)7-13-8-17-5-6-18-13/h5-6,8,11-12,14-15,20-21H,1-4,7,9-10H2/t11?,12-,14?,15-/m1/s1. The van der Waals surface area contributed by atoms with Gasteiger partial charge in [-0.1, -0.05) is 0 Å². The predicted octanol–water partition coefficient (Wildman–Crippen LogP) is 0.389. The molecule has 120 valence electrons. The first-order valence-electron chi connectivity index (χ1n) is 8.03. The van der Waals surface area contributed by atoms with Gasteiger partial charge in [-0.2, -0.15) is 0 Å². The topological polar surface area (TPSA) is 86.5 Å². The Kier molecular flexibility index (Phi) is 4.69. The van der Waals surface area contributed by atoms with Crippen LogP contribution in [-0.4, -0.2) is 56.3 Å². The number of carbonyl (C=O) groups is 1. The first-order valence-corrected chi connectivity index (χ1v) is 8.03. The molecule has 2 N–H and O–H groups in total. The number of hydrogen-bond acceptors (Lipinski definition) is 5. The van der Waals surface area contributed by atoms with Crippen molar-refractivity contribution >= 4 is 5.91 Å². The third-order valence-electron chi connectivity index (χ3n) is 4.85. The summed E-state index contributed by atoms with van der Waals surface area (Å²) in [5.41, 5.74) is 0.849. The summed E-state index contributed by atoms with van der Waals surface area (Å²) in [6, 6.07) is 0. The zero-order valence-corrected chi connectivity index (χ0v) is 12.6. The van der Waals surface area contributed by atoms with Gasteiger partial charge in [0.05, 0.1) is 17.9 Å². The van der Waals surface area contributed by atoms with Crippen molar-refractivity contribution in [2.75, 3.05) is 13.1 Å². The van der Waals surface area contributed by atoms with Gasteiger partial charge in [-0.25, -0.2) is 0 Å². The third kappa shape index (κ3) is 3.44. The summed E-state index contributed by atoms with van der Waals surface area (Å²) in [6.45, 7) is 0.985. The second kappa shape index (κ2) is 6.71. The molecule has 2 aliphatic rings. The molecule has 1 amide bonds. The van der Waals surface area contributed by atoms with Crippen molar-refractivity contribution in [2.45, 2.75) is 44.3 Å². The Labute approximate surface area is 130 Å². The van der Waals surface area contributed by atoms with Crippen LogP contribution < -0.4 is 0 Å². The lowest BCUT2D eigenvalue weighted by Gasteiger charge is -2.28. The zero-order valence-electron chi connectivity index (χ0n) is 12.6. The van der Waals surface area contributed by atoms with Crippen molar-refractivity contribution in [3.63, 3.8) is 0 Å². The Bertz CT molecular complexity index is 503. The number of rotatable bonds is 3. The van der Waals surface area contributed by atoms with Gasteiger partial charge in [0.2, 0.25) is 5.91 Å². The van der Waals surface area contributed by atoms with Crippen LogP contribution in [0.1, 0.15) is 31.4 Å². The van der Waals surface area contributed by atoms with E-state index in [4.69, 9.17) is 0 Å². The Morgan fingerprint density at radius 1 is 1.18 bits per heavy atom. The highest BCUT2D eigenvalue weighted by Gasteiger charge is 2.37. The van der Waals surface area contributed by atoms with E-state index in [2.05, 4.69) is 9.97 Å². The van der Waals surface area contributed by atoms with Crippen LogP contribution in [0.2, 0.25) is 0 Å². The number of amides is 1. The molecule has 1 saturated carbocycles. The molecular formula is C16H23N3O3. The molecular weight excluding hydrogens is 282 g/mol. The largest absolute Gasteiger partial charge is 0.393 e. The molecule has 2 atom stereocenters. The van der Waals surface area contributed by atoms with E-state index in [1.807, 2.05) is 0 Å². The molecule has 6 nitrogen and oxygen atoms in total. The average molecular weight is 305 g/mol. The van der Waals surface area contributed by atoms with Crippen molar-refractivity contribution in [2.24, 2.45) is 11.8 Å². The Balaban J connectivity index is 1.57. The molecule has 0 radical (unpaired) electrons. The van der Waals surface area contributed by atoms with E-state index in [0.717, 1.165) is 18.5 Å². The van der Waals surface area contributed by atoms with E-state index in [9.17, 15) is 15.0 Å². The first kappa shape index (κ1) is 15.4. The van der Waals surface area contributed by atoms with E-state index in [1.54, 1.807) is 23.5 Å². The van der Waals surface area contributed by atoms with Crippen molar-refractivity contribution in [3.8, 4) is 0 Å². The summed E-state index contributed by atoms with van der Waals surface area (Å²) >= 11 is 0. The molecule has 1 aromatic rings. The molecule has 0 bridgehead atoms. The van der Waals surface area contributed by atoms with Gasteiger partial charge in [-0.05, 0) is 32.1 Å². The minimum absolute atomic E-state index is 0.00543. The molecule has 3 rings (SSSR count). The molecule has 1 aliphatic carbocycles. The highest BCUT2D eigenvalue weighted by atomic mass is 16.3. The number of β-amino-alcohol motifs (C(OH)–C–C–N with tert-alkyl or cyclic N) is 1. The summed E-state index contributed by atoms with van der Waals surface area (Å²) in [4.78, 5) is 22.6. The van der Waals surface area contributed by atoms with Gasteiger partial charge in [-0.15, -0.1) is 0 Å². The van der Waals surface area contributed by atoms with Crippen LogP contribution in [0.3, 0.4) is 0 Å². The number of aliphatic hydroxyl groups is 2. The Hall–Kier alpha value is -1.53. The summed E-state index contributed by atoms with van der Waals surface area (Å²) in [6.07, 6.45) is 7.78. The molecule has 1 aliphatic heterocycles. The van der Waals surface area contributed by atoms with Crippen LogP contribution in [0.4, 0.5) is 0 Å². The van der Waals surface area contributed by atoms with E-state index in [0.29, 0.717) is 32.4 Å². The van der Waals surface area contributed by atoms with E-state index >= 15 is 0 Å². The maximum absolute atomic E-state index is 12.6. The maximum Gasteiger partial charge on any atom is 0.225 e. The summed E-state index contributed by atoms with van der Waals surface area (Å²) in [5, 5.41) is 19.8. The number of likely N-dealkylation sites (tertiary alicyclic amines) is 1. The second-order valence-electron chi connectivity index (χ2n) is 6.48. The lowest BCUT2D eigenvalue weighted by Crippen LogP contribution is -2.37. The minimum Gasteiger partial charge on any atom is -0.393 e. The van der Waals surface area contributed by atoms with Crippen LogP contribution >= 0.6 is 0 Å². The molecule has 0 aromatic carbocycles. The fourth-order valence-electron chi connectivity index (χ4n) is 3.52. The smallest absolute Gasteiger partial charge is 0.225 e. The van der Waals surface area contributed by atoms with Gasteiger partial charge < -0.3 is 15.1 Å². The van der Waals surface area contributed by atoms with Crippen LogP contribution in [-0.2, 0) is 11.2 Å². The van der Waals surface area contributed by atoms with E-state index in [1.165, 1.54) is 0 Å². The number of carbonyl (C=O) groups excluding carboxylic acids is 1. The Morgan fingerprint density at radius 2 is 1.95 bits per heavy atom. The van der Waals surface area contributed by atoms with Crippen molar-refractivity contribution in [1.29, 1.82) is 0 Å². The molecule has 0 unspecified atom stereocenters. The lowest BCUT2D eigenvalue weighted by atomic mass is 9.86. The van der Waals surface area contributed by atoms with Crippen LogP contribution in [0.5, 0.6) is 0 Å². The SMILES string of the molecule is O=C(C1CCC(O)CC1)N1C[C@@H](Cc2cnccn2)[C@H](O)C1. The molecule has 1 aromatic heterocycles. The zero-order chi connectivity index (χ0) is 15.5. The molecule has 2 fully saturated rings. The quantitative estimate of drug-likeness (QED) is 0.843. The fraction of sp³-hybridized carbons (Fsp3) is 0.688. The van der Waals surface area contributed by atoms with Gasteiger partial charge in [0.15, 0.2) is 0 Å². The lowest BCUT2D eigenvalue weighted by molar-refractivity contribution is -0.136. The van der Waals surface area contributed by atoms with Crippen LogP contribution in [0.25, 0.3) is 0 Å². The van der Waals surface area contributed by atoms with Gasteiger partial charge in [0.25, 0.3) is 0 Å². The minimum atomic E-state index is -0.500. The van der Waals surface area contributed by atoms with E-state index < -0.39 is 6.10 Å². The van der Waals surface area contributed by atoms with Crippen molar-refractivity contribution in [3.05, 3.63) is 24.3 Å².